The van der Waals surface area contributed by atoms with Gasteiger partial charge in [-0.3, -0.25) is 4.98 Å². The summed E-state index contributed by atoms with van der Waals surface area (Å²) >= 11 is 1.72. The molecule has 3 aromatic rings. The fraction of sp³-hybridized carbons (Fsp3) is 0.312. The number of hydrogen-bond donors (Lipinski definition) is 1. The lowest BCUT2D eigenvalue weighted by molar-refractivity contribution is 0.00125. The molecule has 0 aromatic carbocycles. The summed E-state index contributed by atoms with van der Waals surface area (Å²) in [5.41, 5.74) is 4.17. The van der Waals surface area contributed by atoms with Crippen LogP contribution in [-0.2, 0) is 24.4 Å². The molecule has 118 valence electrons. The molecule has 0 saturated carbocycles. The van der Waals surface area contributed by atoms with Gasteiger partial charge in [0.2, 0.25) is 0 Å². The first-order valence-corrected chi connectivity index (χ1v) is 8.50. The molecular formula is C16H17N5OS. The van der Waals surface area contributed by atoms with Crippen LogP contribution in [0.15, 0.2) is 41.4 Å². The van der Waals surface area contributed by atoms with E-state index in [9.17, 15) is 0 Å². The Morgan fingerprint density at radius 1 is 1.39 bits per heavy atom. The molecule has 7 heteroatoms. The second-order valence-corrected chi connectivity index (χ2v) is 6.28. The SMILES string of the molecule is c1cncc(-c2nnn3c2COC(CNCc2ccsc2)C3)c1. The monoisotopic (exact) mass is 327 g/mol. The zero-order valence-electron chi connectivity index (χ0n) is 12.6. The van der Waals surface area contributed by atoms with E-state index in [1.54, 1.807) is 23.7 Å². The van der Waals surface area contributed by atoms with Crippen molar-refractivity contribution in [1.82, 2.24) is 25.3 Å². The third-order valence-electron chi connectivity index (χ3n) is 3.89. The average Bonchev–Trinajstić information content (AvgIpc) is 3.25. The Morgan fingerprint density at radius 3 is 3.22 bits per heavy atom. The predicted molar refractivity (Wildman–Crippen MR) is 87.9 cm³/mol. The minimum absolute atomic E-state index is 0.115. The van der Waals surface area contributed by atoms with Crippen LogP contribution in [-0.4, -0.2) is 32.6 Å². The smallest absolute Gasteiger partial charge is 0.120 e. The fourth-order valence-electron chi connectivity index (χ4n) is 2.69. The Balaban J connectivity index is 1.39. The molecule has 0 bridgehead atoms. The van der Waals surface area contributed by atoms with Gasteiger partial charge in [0.25, 0.3) is 0 Å². The van der Waals surface area contributed by atoms with E-state index in [0.29, 0.717) is 6.61 Å². The number of hydrogen-bond acceptors (Lipinski definition) is 6. The minimum Gasteiger partial charge on any atom is -0.369 e. The van der Waals surface area contributed by atoms with Crippen molar-refractivity contribution in [3.05, 3.63) is 52.6 Å². The van der Waals surface area contributed by atoms with Crippen molar-refractivity contribution >= 4 is 11.3 Å². The number of thiophene rings is 1. The van der Waals surface area contributed by atoms with Crippen LogP contribution in [0.25, 0.3) is 11.3 Å². The molecule has 0 fully saturated rings. The van der Waals surface area contributed by atoms with Gasteiger partial charge < -0.3 is 10.1 Å². The maximum Gasteiger partial charge on any atom is 0.120 e. The van der Waals surface area contributed by atoms with Gasteiger partial charge in [0.05, 0.1) is 24.9 Å². The summed E-state index contributed by atoms with van der Waals surface area (Å²) in [5, 5.41) is 16.3. The highest BCUT2D eigenvalue weighted by Gasteiger charge is 2.24. The van der Waals surface area contributed by atoms with Crippen molar-refractivity contribution in [3.63, 3.8) is 0 Å². The van der Waals surface area contributed by atoms with Crippen LogP contribution >= 0.6 is 11.3 Å². The zero-order valence-corrected chi connectivity index (χ0v) is 13.4. The van der Waals surface area contributed by atoms with Crippen LogP contribution < -0.4 is 5.32 Å². The lowest BCUT2D eigenvalue weighted by Gasteiger charge is -2.24. The Hall–Kier alpha value is -2.09. The normalized spacial score (nSPS) is 17.1. The molecular weight excluding hydrogens is 310 g/mol. The van der Waals surface area contributed by atoms with E-state index >= 15 is 0 Å². The summed E-state index contributed by atoms with van der Waals surface area (Å²) < 4.78 is 7.91. The molecule has 0 amide bonds. The van der Waals surface area contributed by atoms with Crippen molar-refractivity contribution in [1.29, 1.82) is 0 Å². The van der Waals surface area contributed by atoms with Crippen molar-refractivity contribution < 1.29 is 4.74 Å². The van der Waals surface area contributed by atoms with Gasteiger partial charge in [0.1, 0.15) is 5.69 Å². The maximum atomic E-state index is 5.96. The zero-order chi connectivity index (χ0) is 15.5. The van der Waals surface area contributed by atoms with Gasteiger partial charge in [-0.15, -0.1) is 5.10 Å². The third-order valence-corrected chi connectivity index (χ3v) is 4.62. The predicted octanol–water partition coefficient (Wildman–Crippen LogP) is 2.09. The Bertz CT molecular complexity index is 756. The summed E-state index contributed by atoms with van der Waals surface area (Å²) in [6, 6.07) is 6.03. The van der Waals surface area contributed by atoms with Crippen LogP contribution in [0.4, 0.5) is 0 Å². The number of rotatable bonds is 5. The second-order valence-electron chi connectivity index (χ2n) is 5.50. The van der Waals surface area contributed by atoms with Gasteiger partial charge >= 0.3 is 0 Å². The van der Waals surface area contributed by atoms with E-state index in [1.807, 2.05) is 16.8 Å². The lowest BCUT2D eigenvalue weighted by atomic mass is 10.1. The van der Waals surface area contributed by atoms with E-state index in [4.69, 9.17) is 4.74 Å². The lowest BCUT2D eigenvalue weighted by Crippen LogP contribution is -2.36. The number of nitrogens with one attached hydrogen (secondary N) is 1. The highest BCUT2D eigenvalue weighted by atomic mass is 32.1. The highest BCUT2D eigenvalue weighted by molar-refractivity contribution is 7.07. The molecule has 1 unspecified atom stereocenters. The highest BCUT2D eigenvalue weighted by Crippen LogP contribution is 2.24. The maximum absolute atomic E-state index is 5.96. The molecule has 0 aliphatic carbocycles. The molecule has 1 aliphatic rings. The van der Waals surface area contributed by atoms with Gasteiger partial charge in [-0.2, -0.15) is 11.3 Å². The molecule has 4 heterocycles. The average molecular weight is 327 g/mol. The van der Waals surface area contributed by atoms with E-state index in [1.165, 1.54) is 5.56 Å². The van der Waals surface area contributed by atoms with Gasteiger partial charge in [-0.25, -0.2) is 4.68 Å². The van der Waals surface area contributed by atoms with Crippen LogP contribution in [0.2, 0.25) is 0 Å². The second kappa shape index (κ2) is 6.57. The first-order chi connectivity index (χ1) is 11.4. The number of nitrogens with zero attached hydrogens (tertiary/aromatic N) is 4. The molecule has 0 spiro atoms. The molecule has 0 saturated heterocycles. The minimum atomic E-state index is 0.115. The molecule has 1 N–H and O–H groups in total. The Morgan fingerprint density at radius 2 is 2.39 bits per heavy atom. The van der Waals surface area contributed by atoms with Gasteiger partial charge in [-0.05, 0) is 34.5 Å². The first-order valence-electron chi connectivity index (χ1n) is 7.56. The van der Waals surface area contributed by atoms with E-state index in [0.717, 1.165) is 36.6 Å². The van der Waals surface area contributed by atoms with Gasteiger partial charge in [-0.1, -0.05) is 5.21 Å². The van der Waals surface area contributed by atoms with E-state index in [-0.39, 0.29) is 6.10 Å². The molecule has 23 heavy (non-hydrogen) atoms. The van der Waals surface area contributed by atoms with E-state index < -0.39 is 0 Å². The first kappa shape index (κ1) is 14.5. The quantitative estimate of drug-likeness (QED) is 0.777. The Kier molecular flexibility index (Phi) is 4.14. The van der Waals surface area contributed by atoms with Gasteiger partial charge in [0.15, 0.2) is 0 Å². The topological polar surface area (TPSA) is 64.9 Å². The third kappa shape index (κ3) is 3.17. The van der Waals surface area contributed by atoms with Crippen LogP contribution in [0.5, 0.6) is 0 Å². The molecule has 0 radical (unpaired) electrons. The number of ether oxygens (including phenoxy) is 1. The summed E-state index contributed by atoms with van der Waals surface area (Å²) in [4.78, 5) is 4.14. The molecule has 3 aromatic heterocycles. The van der Waals surface area contributed by atoms with Crippen LogP contribution in [0.3, 0.4) is 0 Å². The fourth-order valence-corrected chi connectivity index (χ4v) is 3.35. The van der Waals surface area contributed by atoms with Crippen LogP contribution in [0, 0.1) is 0 Å². The molecule has 4 rings (SSSR count). The van der Waals surface area contributed by atoms with Gasteiger partial charge in [0, 0.05) is 31.0 Å². The van der Waals surface area contributed by atoms with Crippen molar-refractivity contribution in [3.8, 4) is 11.3 Å². The summed E-state index contributed by atoms with van der Waals surface area (Å²) in [6.07, 6.45) is 3.68. The van der Waals surface area contributed by atoms with Crippen molar-refractivity contribution in [2.45, 2.75) is 25.8 Å². The number of fused-ring (bicyclic) bond motifs is 1. The molecule has 1 atom stereocenters. The van der Waals surface area contributed by atoms with Crippen molar-refractivity contribution in [2.24, 2.45) is 0 Å². The van der Waals surface area contributed by atoms with Crippen LogP contribution in [0.1, 0.15) is 11.3 Å². The van der Waals surface area contributed by atoms with Crippen molar-refractivity contribution in [2.75, 3.05) is 6.54 Å². The summed E-state index contributed by atoms with van der Waals surface area (Å²) in [7, 11) is 0. The molecule has 6 nitrogen and oxygen atoms in total. The summed E-state index contributed by atoms with van der Waals surface area (Å²) in [6.45, 7) is 2.92. The standard InChI is InChI=1S/C16H17N5OS/c1-2-13(7-17-4-1)16-15-10-22-14(9-21(15)20-19-16)8-18-6-12-3-5-23-11-12/h1-5,7,11,14,18H,6,8-10H2. The number of aromatic nitrogens is 4. The van der Waals surface area contributed by atoms with E-state index in [2.05, 4.69) is 37.4 Å². The number of pyridine rings is 1. The summed E-state index contributed by atoms with van der Waals surface area (Å²) in [5.74, 6) is 0. The Labute approximate surface area is 138 Å². The largest absolute Gasteiger partial charge is 0.369 e. The molecule has 1 aliphatic heterocycles.